The van der Waals surface area contributed by atoms with Gasteiger partial charge in [0, 0.05) is 36.9 Å². The Balaban J connectivity index is 2.24. The van der Waals surface area contributed by atoms with Crippen LogP contribution < -0.4 is 10.2 Å². The Hall–Kier alpha value is -1.16. The van der Waals surface area contributed by atoms with Crippen LogP contribution in [0, 0.1) is 17.6 Å². The van der Waals surface area contributed by atoms with E-state index in [-0.39, 0.29) is 6.04 Å². The molecule has 1 heterocycles. The van der Waals surface area contributed by atoms with Crippen LogP contribution in [-0.2, 0) is 0 Å². The van der Waals surface area contributed by atoms with Crippen molar-refractivity contribution in [3.8, 4) is 0 Å². The zero-order valence-corrected chi connectivity index (χ0v) is 12.5. The van der Waals surface area contributed by atoms with Gasteiger partial charge in [-0.15, -0.1) is 0 Å². The number of nitrogens with one attached hydrogen (secondary N) is 1. The predicted molar refractivity (Wildman–Crippen MR) is 79.0 cm³/mol. The fourth-order valence-electron chi connectivity index (χ4n) is 2.87. The van der Waals surface area contributed by atoms with Crippen LogP contribution in [0.3, 0.4) is 0 Å². The normalized spacial score (nSPS) is 24.8. The van der Waals surface area contributed by atoms with Crippen molar-refractivity contribution in [3.05, 3.63) is 29.8 Å². The van der Waals surface area contributed by atoms with E-state index < -0.39 is 11.6 Å². The minimum atomic E-state index is -0.506. The van der Waals surface area contributed by atoms with Crippen molar-refractivity contribution < 1.29 is 8.78 Å². The van der Waals surface area contributed by atoms with Gasteiger partial charge >= 0.3 is 0 Å². The molecule has 0 radical (unpaired) electrons. The molecule has 2 rings (SSSR count). The Bertz CT molecular complexity index is 430. The summed E-state index contributed by atoms with van der Waals surface area (Å²) in [6.45, 7) is 8.16. The monoisotopic (exact) mass is 282 g/mol. The van der Waals surface area contributed by atoms with Gasteiger partial charge in [-0.1, -0.05) is 27.2 Å². The number of hydrogen-bond donors (Lipinski definition) is 1. The molecule has 1 aromatic carbocycles. The lowest BCUT2D eigenvalue weighted by atomic mass is 9.94. The average molecular weight is 282 g/mol. The van der Waals surface area contributed by atoms with E-state index >= 15 is 0 Å². The maximum atomic E-state index is 13.5. The lowest BCUT2D eigenvalue weighted by Crippen LogP contribution is -2.58. The Kier molecular flexibility index (Phi) is 4.97. The molecule has 20 heavy (non-hydrogen) atoms. The first-order chi connectivity index (χ1) is 9.55. The summed E-state index contributed by atoms with van der Waals surface area (Å²) in [5.74, 6) is -0.462. The lowest BCUT2D eigenvalue weighted by molar-refractivity contribution is 0.306. The van der Waals surface area contributed by atoms with Crippen LogP contribution in [0.5, 0.6) is 0 Å². The highest BCUT2D eigenvalue weighted by Gasteiger charge is 2.29. The molecule has 1 fully saturated rings. The number of anilines is 1. The van der Waals surface area contributed by atoms with Crippen LogP contribution >= 0.6 is 0 Å². The highest BCUT2D eigenvalue weighted by Crippen LogP contribution is 2.25. The SMILES string of the molecule is CCC(C)C1CN(c2cc(F)cc(F)c2)C(CC)CN1. The van der Waals surface area contributed by atoms with Crippen LogP contribution in [0.25, 0.3) is 0 Å². The molecule has 0 amide bonds. The fraction of sp³-hybridized carbons (Fsp3) is 0.625. The first-order valence-electron chi connectivity index (χ1n) is 7.51. The molecule has 1 aromatic rings. The van der Waals surface area contributed by atoms with E-state index in [1.807, 2.05) is 0 Å². The van der Waals surface area contributed by atoms with Crippen molar-refractivity contribution >= 4 is 5.69 Å². The molecule has 2 nitrogen and oxygen atoms in total. The van der Waals surface area contributed by atoms with E-state index in [1.54, 1.807) is 0 Å². The highest BCUT2D eigenvalue weighted by atomic mass is 19.1. The van der Waals surface area contributed by atoms with Gasteiger partial charge in [0.15, 0.2) is 0 Å². The molecule has 0 spiro atoms. The second kappa shape index (κ2) is 6.53. The smallest absolute Gasteiger partial charge is 0.128 e. The third kappa shape index (κ3) is 3.29. The Morgan fingerprint density at radius 3 is 2.45 bits per heavy atom. The second-order valence-electron chi connectivity index (χ2n) is 5.74. The molecule has 0 bridgehead atoms. The number of hydrogen-bond acceptors (Lipinski definition) is 2. The third-order valence-electron chi connectivity index (χ3n) is 4.43. The molecule has 1 N–H and O–H groups in total. The summed E-state index contributed by atoms with van der Waals surface area (Å²) in [5.41, 5.74) is 0.657. The van der Waals surface area contributed by atoms with Gasteiger partial charge in [-0.05, 0) is 24.5 Å². The van der Waals surface area contributed by atoms with E-state index in [4.69, 9.17) is 0 Å². The molecule has 4 heteroatoms. The van der Waals surface area contributed by atoms with Crippen LogP contribution in [0.4, 0.5) is 14.5 Å². The third-order valence-corrected chi connectivity index (χ3v) is 4.43. The number of nitrogens with zero attached hydrogens (tertiary/aromatic N) is 1. The van der Waals surface area contributed by atoms with Crippen molar-refractivity contribution in [1.82, 2.24) is 5.32 Å². The van der Waals surface area contributed by atoms with E-state index in [2.05, 4.69) is 31.0 Å². The lowest BCUT2D eigenvalue weighted by Gasteiger charge is -2.43. The molecular weight excluding hydrogens is 258 g/mol. The minimum Gasteiger partial charge on any atom is -0.366 e. The largest absolute Gasteiger partial charge is 0.366 e. The summed E-state index contributed by atoms with van der Waals surface area (Å²) < 4.78 is 26.9. The van der Waals surface area contributed by atoms with Crippen LogP contribution in [-0.4, -0.2) is 25.2 Å². The van der Waals surface area contributed by atoms with Gasteiger partial charge in [0.25, 0.3) is 0 Å². The van der Waals surface area contributed by atoms with E-state index in [0.717, 1.165) is 32.0 Å². The fourth-order valence-corrected chi connectivity index (χ4v) is 2.87. The standard InChI is InChI=1S/C16H24F2N2/c1-4-11(3)16-10-20(14(5-2)9-19-16)15-7-12(17)6-13(18)8-15/h6-8,11,14,16,19H,4-5,9-10H2,1-3H3. The Morgan fingerprint density at radius 1 is 1.25 bits per heavy atom. The van der Waals surface area contributed by atoms with Gasteiger partial charge in [-0.25, -0.2) is 8.78 Å². The molecule has 0 saturated carbocycles. The van der Waals surface area contributed by atoms with E-state index in [0.29, 0.717) is 17.6 Å². The van der Waals surface area contributed by atoms with Crippen LogP contribution in [0.2, 0.25) is 0 Å². The van der Waals surface area contributed by atoms with Gasteiger partial charge in [0.05, 0.1) is 0 Å². The quantitative estimate of drug-likeness (QED) is 0.908. The van der Waals surface area contributed by atoms with Crippen LogP contribution in [0.1, 0.15) is 33.6 Å². The van der Waals surface area contributed by atoms with Crippen molar-refractivity contribution in [3.63, 3.8) is 0 Å². The molecule has 3 atom stereocenters. The summed E-state index contributed by atoms with van der Waals surface area (Å²) in [6.07, 6.45) is 2.05. The van der Waals surface area contributed by atoms with Gasteiger partial charge in [0.2, 0.25) is 0 Å². The number of rotatable bonds is 4. The summed E-state index contributed by atoms with van der Waals surface area (Å²) in [4.78, 5) is 2.15. The summed E-state index contributed by atoms with van der Waals surface area (Å²) in [6, 6.07) is 4.46. The predicted octanol–water partition coefficient (Wildman–Crippen LogP) is 3.57. The highest BCUT2D eigenvalue weighted by molar-refractivity contribution is 5.49. The molecular formula is C16H24F2N2. The van der Waals surface area contributed by atoms with Gasteiger partial charge in [0.1, 0.15) is 11.6 Å². The van der Waals surface area contributed by atoms with Gasteiger partial charge in [-0.3, -0.25) is 0 Å². The Morgan fingerprint density at radius 2 is 1.90 bits per heavy atom. The van der Waals surface area contributed by atoms with Crippen LogP contribution in [0.15, 0.2) is 18.2 Å². The zero-order chi connectivity index (χ0) is 14.7. The molecule has 3 unspecified atom stereocenters. The molecule has 1 aliphatic rings. The molecule has 0 aliphatic carbocycles. The van der Waals surface area contributed by atoms with Gasteiger partial charge < -0.3 is 10.2 Å². The van der Waals surface area contributed by atoms with E-state index in [1.165, 1.54) is 12.1 Å². The molecule has 1 saturated heterocycles. The maximum absolute atomic E-state index is 13.5. The summed E-state index contributed by atoms with van der Waals surface area (Å²) in [7, 11) is 0. The number of benzene rings is 1. The summed E-state index contributed by atoms with van der Waals surface area (Å²) >= 11 is 0. The van der Waals surface area contributed by atoms with Crippen molar-refractivity contribution in [1.29, 1.82) is 0 Å². The average Bonchev–Trinajstić information content (AvgIpc) is 2.44. The number of piperazine rings is 1. The van der Waals surface area contributed by atoms with E-state index in [9.17, 15) is 8.78 Å². The molecule has 112 valence electrons. The zero-order valence-electron chi connectivity index (χ0n) is 12.5. The van der Waals surface area contributed by atoms with Crippen molar-refractivity contribution in [2.75, 3.05) is 18.0 Å². The molecule has 1 aliphatic heterocycles. The topological polar surface area (TPSA) is 15.3 Å². The van der Waals surface area contributed by atoms with Gasteiger partial charge in [-0.2, -0.15) is 0 Å². The Labute approximate surface area is 120 Å². The summed E-state index contributed by atoms with van der Waals surface area (Å²) in [5, 5.41) is 3.57. The maximum Gasteiger partial charge on any atom is 0.128 e. The van der Waals surface area contributed by atoms with Crippen molar-refractivity contribution in [2.45, 2.75) is 45.7 Å². The van der Waals surface area contributed by atoms with Crippen molar-refractivity contribution in [2.24, 2.45) is 5.92 Å². The number of halogens is 2. The first kappa shape index (κ1) is 15.2. The second-order valence-corrected chi connectivity index (χ2v) is 5.74. The molecule has 0 aromatic heterocycles. The first-order valence-corrected chi connectivity index (χ1v) is 7.51. The minimum absolute atomic E-state index is 0.288.